The number of hydrogen-bond donors (Lipinski definition) is 0. The highest BCUT2D eigenvalue weighted by atomic mass is 19.4. The first kappa shape index (κ1) is 35.3. The van der Waals surface area contributed by atoms with E-state index in [1.54, 1.807) is 12.1 Å². The van der Waals surface area contributed by atoms with Crippen molar-refractivity contribution in [3.63, 3.8) is 0 Å². The Morgan fingerprint density at radius 2 is 0.788 bits per heavy atom. The fourth-order valence-corrected chi connectivity index (χ4v) is 6.03. The number of alkyl halides is 6. The van der Waals surface area contributed by atoms with Gasteiger partial charge in [0.25, 0.3) is 0 Å². The van der Waals surface area contributed by atoms with E-state index in [2.05, 4.69) is 0 Å². The van der Waals surface area contributed by atoms with Crippen LogP contribution < -0.4 is 0 Å². The summed E-state index contributed by atoms with van der Waals surface area (Å²) in [5.41, 5.74) is -16.5. The molecule has 3 aromatic carbocycles. The molecular formula is C36H6F8N8. The lowest BCUT2D eigenvalue weighted by atomic mass is 9.88. The molecule has 16 heteroatoms. The van der Waals surface area contributed by atoms with Gasteiger partial charge in [-0.15, -0.1) is 0 Å². The molecule has 2 aliphatic rings. The Morgan fingerprint density at radius 1 is 0.462 bits per heavy atom. The molecule has 246 valence electrons. The number of hydrogen-bond acceptors (Lipinski definition) is 8. The number of nitriles is 8. The first-order chi connectivity index (χ1) is 24.6. The molecule has 0 N–H and O–H groups in total. The van der Waals surface area contributed by atoms with Crippen molar-refractivity contribution < 1.29 is 35.1 Å². The summed E-state index contributed by atoms with van der Waals surface area (Å²) in [5.74, 6) is -3.27. The predicted molar refractivity (Wildman–Crippen MR) is 160 cm³/mol. The summed E-state index contributed by atoms with van der Waals surface area (Å²) in [5, 5.41) is 78.8. The van der Waals surface area contributed by atoms with Crippen molar-refractivity contribution in [2.24, 2.45) is 0 Å². The number of benzene rings is 3. The van der Waals surface area contributed by atoms with Gasteiger partial charge in [-0.05, 0) is 35.4 Å². The first-order valence-electron chi connectivity index (χ1n) is 13.8. The van der Waals surface area contributed by atoms with Gasteiger partial charge in [0.15, 0.2) is 0 Å². The average molecular weight is 702 g/mol. The minimum Gasteiger partial charge on any atom is -0.206 e. The van der Waals surface area contributed by atoms with Crippen molar-refractivity contribution in [1.82, 2.24) is 0 Å². The fraction of sp³-hybridized carbons (Fsp3) is 0.0556. The molecule has 0 atom stereocenters. The molecule has 0 amide bonds. The number of nitrogens with zero attached hydrogens (tertiary/aromatic N) is 8. The van der Waals surface area contributed by atoms with E-state index in [-0.39, 0.29) is 0 Å². The van der Waals surface area contributed by atoms with Crippen LogP contribution in [-0.2, 0) is 12.4 Å². The standard InChI is InChI=1S/C36H6F8N8/c37-33-29-21(13-51)25(15-1-3-23(35(39,40)41)17(5-15)7-45)27(19(9-47)10-48)31(29)34(38)30-22(14-52)26(28(32(30)33)20(11-49)12-50)16-2-4-24(36(42,43)44)18(6-16)8-46/h1-6H. The van der Waals surface area contributed by atoms with E-state index in [4.69, 9.17) is 0 Å². The van der Waals surface area contributed by atoms with Crippen LogP contribution in [0.25, 0.3) is 33.4 Å². The fourth-order valence-electron chi connectivity index (χ4n) is 6.03. The topological polar surface area (TPSA) is 190 Å². The molecule has 0 aliphatic heterocycles. The molecule has 3 aromatic rings. The second-order valence-electron chi connectivity index (χ2n) is 10.5. The van der Waals surface area contributed by atoms with Gasteiger partial charge in [0.2, 0.25) is 0 Å². The molecular weight excluding hydrogens is 696 g/mol. The molecule has 0 spiro atoms. The zero-order valence-corrected chi connectivity index (χ0v) is 25.1. The molecule has 8 nitrogen and oxygen atoms in total. The molecule has 0 saturated heterocycles. The third-order valence-electron chi connectivity index (χ3n) is 8.02. The van der Waals surface area contributed by atoms with Crippen molar-refractivity contribution in [2.75, 3.05) is 0 Å². The summed E-state index contributed by atoms with van der Waals surface area (Å²) in [7, 11) is 0. The maximum Gasteiger partial charge on any atom is 0.417 e. The Bertz CT molecular complexity index is 2480. The van der Waals surface area contributed by atoms with Crippen LogP contribution in [0.1, 0.15) is 55.6 Å². The van der Waals surface area contributed by atoms with Gasteiger partial charge >= 0.3 is 12.4 Å². The van der Waals surface area contributed by atoms with Gasteiger partial charge in [0.1, 0.15) is 59.2 Å². The largest absolute Gasteiger partial charge is 0.417 e. The van der Waals surface area contributed by atoms with E-state index in [1.165, 1.54) is 36.4 Å². The zero-order chi connectivity index (χ0) is 38.4. The SMILES string of the molecule is N#CC(C#N)=C1C(c2ccc(C(F)(F)F)c(C#N)c2)=C(C#N)c2c(F)c3c(c(F)c21)C(C#N)=C(c1ccc(C(F)(F)F)c(C#N)c1)C3=C(C#N)C#N. The van der Waals surface area contributed by atoms with Crippen molar-refractivity contribution in [2.45, 2.75) is 12.4 Å². The molecule has 5 rings (SSSR count). The zero-order valence-electron chi connectivity index (χ0n) is 25.1. The maximum atomic E-state index is 17.1. The van der Waals surface area contributed by atoms with E-state index < -0.39 is 124 Å². The van der Waals surface area contributed by atoms with Crippen LogP contribution in [-0.4, -0.2) is 0 Å². The Labute approximate surface area is 286 Å². The summed E-state index contributed by atoms with van der Waals surface area (Å²) in [6.07, 6.45) is -10.1. The van der Waals surface area contributed by atoms with E-state index in [0.29, 0.717) is 24.3 Å². The maximum absolute atomic E-state index is 17.1. The summed E-state index contributed by atoms with van der Waals surface area (Å²) in [6, 6.07) is 15.1. The number of halogens is 8. The number of rotatable bonds is 2. The van der Waals surface area contributed by atoms with Gasteiger partial charge in [-0.3, -0.25) is 0 Å². The molecule has 0 bridgehead atoms. The van der Waals surface area contributed by atoms with Crippen LogP contribution in [0.4, 0.5) is 35.1 Å². The molecule has 52 heavy (non-hydrogen) atoms. The number of fused-ring (bicyclic) bond motifs is 2. The van der Waals surface area contributed by atoms with Gasteiger partial charge in [-0.1, -0.05) is 12.1 Å². The van der Waals surface area contributed by atoms with Gasteiger partial charge in [-0.2, -0.15) is 68.4 Å². The number of allylic oxidation sites excluding steroid dienone is 8. The minimum atomic E-state index is -5.04. The molecule has 0 saturated carbocycles. The lowest BCUT2D eigenvalue weighted by Gasteiger charge is -2.15. The Hall–Kier alpha value is -8.02. The molecule has 2 aliphatic carbocycles. The lowest BCUT2D eigenvalue weighted by molar-refractivity contribution is -0.138. The van der Waals surface area contributed by atoms with E-state index in [9.17, 15) is 68.4 Å². The van der Waals surface area contributed by atoms with Gasteiger partial charge in [0, 0.05) is 44.5 Å². The second kappa shape index (κ2) is 12.5. The molecule has 0 fully saturated rings. The predicted octanol–water partition coefficient (Wildman–Crippen LogP) is 8.24. The third-order valence-corrected chi connectivity index (χ3v) is 8.02. The summed E-state index contributed by atoms with van der Waals surface area (Å²) in [4.78, 5) is 0. The normalized spacial score (nSPS) is 13.0. The Kier molecular flexibility index (Phi) is 8.45. The smallest absolute Gasteiger partial charge is 0.206 e. The van der Waals surface area contributed by atoms with Crippen LogP contribution in [0.2, 0.25) is 0 Å². The van der Waals surface area contributed by atoms with E-state index in [0.717, 1.165) is 12.1 Å². The van der Waals surface area contributed by atoms with E-state index in [1.807, 2.05) is 0 Å². The summed E-state index contributed by atoms with van der Waals surface area (Å²) < 4.78 is 116. The van der Waals surface area contributed by atoms with Crippen molar-refractivity contribution in [3.8, 4) is 48.6 Å². The highest BCUT2D eigenvalue weighted by molar-refractivity contribution is 6.30. The second-order valence-corrected chi connectivity index (χ2v) is 10.5. The summed E-state index contributed by atoms with van der Waals surface area (Å²) in [6.45, 7) is 0. The highest BCUT2D eigenvalue weighted by Crippen LogP contribution is 2.57. The average Bonchev–Trinajstić information content (AvgIpc) is 3.65. The molecule has 0 aromatic heterocycles. The monoisotopic (exact) mass is 702 g/mol. The van der Waals surface area contributed by atoms with Crippen LogP contribution in [0.3, 0.4) is 0 Å². The molecule has 0 radical (unpaired) electrons. The van der Waals surface area contributed by atoms with Crippen LogP contribution >= 0.6 is 0 Å². The minimum absolute atomic E-state index is 0.428. The Morgan fingerprint density at radius 3 is 1.04 bits per heavy atom. The van der Waals surface area contributed by atoms with Gasteiger partial charge in [-0.25, -0.2) is 8.78 Å². The van der Waals surface area contributed by atoms with Crippen LogP contribution in [0.5, 0.6) is 0 Å². The molecule has 0 heterocycles. The third kappa shape index (κ3) is 5.06. The van der Waals surface area contributed by atoms with Gasteiger partial charge < -0.3 is 0 Å². The van der Waals surface area contributed by atoms with E-state index >= 15 is 8.78 Å². The van der Waals surface area contributed by atoms with Crippen LogP contribution in [0, 0.1) is 102 Å². The molecule has 0 unspecified atom stereocenters. The lowest BCUT2D eigenvalue weighted by Crippen LogP contribution is -2.08. The van der Waals surface area contributed by atoms with Crippen molar-refractivity contribution in [3.05, 3.63) is 115 Å². The quantitative estimate of drug-likeness (QED) is 0.188. The van der Waals surface area contributed by atoms with Crippen molar-refractivity contribution in [1.29, 1.82) is 42.1 Å². The highest BCUT2D eigenvalue weighted by Gasteiger charge is 2.45. The summed E-state index contributed by atoms with van der Waals surface area (Å²) >= 11 is 0. The van der Waals surface area contributed by atoms with Crippen LogP contribution in [0.15, 0.2) is 47.5 Å². The van der Waals surface area contributed by atoms with Gasteiger partial charge in [0.05, 0.1) is 45.5 Å². The first-order valence-corrected chi connectivity index (χ1v) is 13.8. The van der Waals surface area contributed by atoms with Crippen molar-refractivity contribution >= 4 is 33.4 Å². The Balaban J connectivity index is 1.99.